The Morgan fingerprint density at radius 1 is 0.963 bits per heavy atom. The molecule has 3 rings (SSSR count). The second-order valence-electron chi connectivity index (χ2n) is 6.57. The Balaban J connectivity index is 1.65. The van der Waals surface area contributed by atoms with Crippen LogP contribution in [-0.2, 0) is 0 Å². The van der Waals surface area contributed by atoms with Gasteiger partial charge in [0.2, 0.25) is 5.89 Å². The zero-order chi connectivity index (χ0) is 19.1. The maximum absolute atomic E-state index is 5.92. The molecule has 1 heterocycles. The number of nitrogens with zero attached hydrogens (tertiary/aromatic N) is 2. The lowest BCUT2D eigenvalue weighted by Crippen LogP contribution is -2.15. The van der Waals surface area contributed by atoms with Crippen molar-refractivity contribution in [2.24, 2.45) is 0 Å². The van der Waals surface area contributed by atoms with Crippen LogP contribution >= 0.6 is 11.6 Å². The maximum Gasteiger partial charge on any atom is 0.227 e. The Hall–Kier alpha value is -2.24. The molecule has 3 aromatic rings. The van der Waals surface area contributed by atoms with Gasteiger partial charge < -0.3 is 18.8 Å². The molecule has 0 aliphatic carbocycles. The largest absolute Gasteiger partial charge is 0.494 e. The molecule has 144 valence electrons. The number of aromatic nitrogens is 1. The van der Waals surface area contributed by atoms with Crippen LogP contribution in [0, 0.1) is 0 Å². The van der Waals surface area contributed by atoms with E-state index in [2.05, 4.69) is 24.0 Å². The van der Waals surface area contributed by atoms with E-state index in [9.17, 15) is 0 Å². The van der Waals surface area contributed by atoms with Gasteiger partial charge in [-0.15, -0.1) is 11.6 Å². The summed E-state index contributed by atoms with van der Waals surface area (Å²) < 4.78 is 17.3. The van der Waals surface area contributed by atoms with E-state index >= 15 is 0 Å². The van der Waals surface area contributed by atoms with E-state index < -0.39 is 0 Å². The molecule has 6 heteroatoms. The third-order valence-corrected chi connectivity index (χ3v) is 4.29. The fraction of sp³-hybridized carbons (Fsp3) is 0.381. The fourth-order valence-electron chi connectivity index (χ4n) is 2.63. The van der Waals surface area contributed by atoms with Crippen molar-refractivity contribution in [1.29, 1.82) is 0 Å². The van der Waals surface area contributed by atoms with Gasteiger partial charge in [0.15, 0.2) is 5.58 Å². The molecule has 0 spiro atoms. The van der Waals surface area contributed by atoms with Crippen LogP contribution in [0.1, 0.15) is 12.8 Å². The van der Waals surface area contributed by atoms with E-state index in [4.69, 9.17) is 25.5 Å². The SMILES string of the molecule is CN(C)CCCOc1ccc2nc(-c3ccc(OCCCCl)cc3)oc2c1. The van der Waals surface area contributed by atoms with E-state index in [1.165, 1.54) is 0 Å². The first-order valence-electron chi connectivity index (χ1n) is 9.13. The molecule has 0 atom stereocenters. The van der Waals surface area contributed by atoms with E-state index in [0.29, 0.717) is 25.0 Å². The molecular weight excluding hydrogens is 364 g/mol. The van der Waals surface area contributed by atoms with Crippen molar-refractivity contribution < 1.29 is 13.9 Å². The fourth-order valence-corrected chi connectivity index (χ4v) is 2.74. The monoisotopic (exact) mass is 388 g/mol. The van der Waals surface area contributed by atoms with Crippen LogP contribution in [0.25, 0.3) is 22.6 Å². The molecule has 2 aromatic carbocycles. The first-order valence-corrected chi connectivity index (χ1v) is 9.66. The van der Waals surface area contributed by atoms with Gasteiger partial charge in [0.1, 0.15) is 17.0 Å². The van der Waals surface area contributed by atoms with E-state index in [1.54, 1.807) is 0 Å². The average Bonchev–Trinajstić information content (AvgIpc) is 3.09. The van der Waals surface area contributed by atoms with E-state index in [1.807, 2.05) is 42.5 Å². The van der Waals surface area contributed by atoms with Gasteiger partial charge in [-0.1, -0.05) is 0 Å². The Morgan fingerprint density at radius 2 is 1.67 bits per heavy atom. The predicted molar refractivity (Wildman–Crippen MR) is 109 cm³/mol. The smallest absolute Gasteiger partial charge is 0.227 e. The highest BCUT2D eigenvalue weighted by atomic mass is 35.5. The van der Waals surface area contributed by atoms with Crippen molar-refractivity contribution in [1.82, 2.24) is 9.88 Å². The summed E-state index contributed by atoms with van der Waals surface area (Å²) in [7, 11) is 4.11. The number of rotatable bonds is 10. The molecule has 0 amide bonds. The van der Waals surface area contributed by atoms with Crippen molar-refractivity contribution in [2.45, 2.75) is 12.8 Å². The molecule has 0 bridgehead atoms. The number of hydrogen-bond acceptors (Lipinski definition) is 5. The second-order valence-corrected chi connectivity index (χ2v) is 6.95. The van der Waals surface area contributed by atoms with Crippen LogP contribution in [0.3, 0.4) is 0 Å². The van der Waals surface area contributed by atoms with Crippen LogP contribution < -0.4 is 9.47 Å². The molecule has 0 saturated carbocycles. The van der Waals surface area contributed by atoms with Gasteiger partial charge in [0.25, 0.3) is 0 Å². The van der Waals surface area contributed by atoms with Gasteiger partial charge in [0.05, 0.1) is 13.2 Å². The van der Waals surface area contributed by atoms with Crippen LogP contribution in [0.15, 0.2) is 46.9 Å². The molecule has 0 unspecified atom stereocenters. The Kier molecular flexibility index (Phi) is 6.96. The van der Waals surface area contributed by atoms with Crippen molar-refractivity contribution in [3.8, 4) is 23.0 Å². The summed E-state index contributed by atoms with van der Waals surface area (Å²) in [5, 5.41) is 0. The standard InChI is InChI=1S/C21H25ClN2O3/c1-24(2)12-4-14-26-18-9-10-19-20(15-18)27-21(23-19)16-5-7-17(8-6-16)25-13-3-11-22/h5-10,15H,3-4,11-14H2,1-2H3. The third-order valence-electron chi connectivity index (χ3n) is 4.03. The van der Waals surface area contributed by atoms with Gasteiger partial charge in [-0.2, -0.15) is 0 Å². The van der Waals surface area contributed by atoms with Crippen molar-refractivity contribution >= 4 is 22.7 Å². The van der Waals surface area contributed by atoms with E-state index in [0.717, 1.165) is 47.5 Å². The summed E-state index contributed by atoms with van der Waals surface area (Å²) in [6.45, 7) is 2.29. The van der Waals surface area contributed by atoms with Gasteiger partial charge in [0, 0.05) is 24.1 Å². The number of hydrogen-bond donors (Lipinski definition) is 0. The van der Waals surface area contributed by atoms with Gasteiger partial charge in [-0.25, -0.2) is 4.98 Å². The highest BCUT2D eigenvalue weighted by molar-refractivity contribution is 6.17. The highest BCUT2D eigenvalue weighted by Crippen LogP contribution is 2.28. The minimum absolute atomic E-state index is 0.585. The lowest BCUT2D eigenvalue weighted by atomic mass is 10.2. The summed E-state index contributed by atoms with van der Waals surface area (Å²) >= 11 is 5.66. The number of benzene rings is 2. The van der Waals surface area contributed by atoms with Crippen molar-refractivity contribution in [3.63, 3.8) is 0 Å². The summed E-state index contributed by atoms with van der Waals surface area (Å²) in [6, 6.07) is 13.5. The zero-order valence-corrected chi connectivity index (χ0v) is 16.5. The summed E-state index contributed by atoms with van der Waals surface area (Å²) in [4.78, 5) is 6.70. The van der Waals surface area contributed by atoms with Crippen LogP contribution in [-0.4, -0.2) is 49.6 Å². The molecule has 0 N–H and O–H groups in total. The molecule has 0 aliphatic rings. The topological polar surface area (TPSA) is 47.7 Å². The van der Waals surface area contributed by atoms with Crippen LogP contribution in [0.2, 0.25) is 0 Å². The summed E-state index contributed by atoms with van der Waals surface area (Å²) in [6.07, 6.45) is 1.81. The predicted octanol–water partition coefficient (Wildman–Crippen LogP) is 4.83. The first-order chi connectivity index (χ1) is 13.2. The third kappa shape index (κ3) is 5.62. The number of halogens is 1. The maximum atomic E-state index is 5.92. The number of alkyl halides is 1. The Labute approximate surface area is 164 Å². The molecule has 27 heavy (non-hydrogen) atoms. The zero-order valence-electron chi connectivity index (χ0n) is 15.8. The van der Waals surface area contributed by atoms with Crippen molar-refractivity contribution in [3.05, 3.63) is 42.5 Å². The van der Waals surface area contributed by atoms with Crippen LogP contribution in [0.5, 0.6) is 11.5 Å². The lowest BCUT2D eigenvalue weighted by molar-refractivity contribution is 0.281. The number of oxazole rings is 1. The molecule has 0 saturated heterocycles. The quantitative estimate of drug-likeness (QED) is 0.367. The molecule has 1 aromatic heterocycles. The Morgan fingerprint density at radius 3 is 2.41 bits per heavy atom. The first kappa shape index (κ1) is 19.5. The number of ether oxygens (including phenoxy) is 2. The normalized spacial score (nSPS) is 11.3. The van der Waals surface area contributed by atoms with Gasteiger partial charge in [-0.3, -0.25) is 0 Å². The molecule has 0 fully saturated rings. The Bertz CT molecular complexity index is 846. The minimum Gasteiger partial charge on any atom is -0.494 e. The average molecular weight is 389 g/mol. The highest BCUT2D eigenvalue weighted by Gasteiger charge is 2.09. The lowest BCUT2D eigenvalue weighted by Gasteiger charge is -2.10. The summed E-state index contributed by atoms with van der Waals surface area (Å²) in [5.74, 6) is 2.80. The molecular formula is C21H25ClN2O3. The van der Waals surface area contributed by atoms with E-state index in [-0.39, 0.29) is 0 Å². The molecule has 0 aliphatic heterocycles. The molecule has 5 nitrogen and oxygen atoms in total. The van der Waals surface area contributed by atoms with Gasteiger partial charge >= 0.3 is 0 Å². The van der Waals surface area contributed by atoms with Gasteiger partial charge in [-0.05, 0) is 63.3 Å². The number of fused-ring (bicyclic) bond motifs is 1. The molecule has 0 radical (unpaired) electrons. The second kappa shape index (κ2) is 9.62. The minimum atomic E-state index is 0.585. The van der Waals surface area contributed by atoms with Crippen LogP contribution in [0.4, 0.5) is 0 Å². The van der Waals surface area contributed by atoms with Crippen molar-refractivity contribution in [2.75, 3.05) is 39.7 Å². The summed E-state index contributed by atoms with van der Waals surface area (Å²) in [5.41, 5.74) is 2.44.